The fourth-order valence-electron chi connectivity index (χ4n) is 3.29. The van der Waals surface area contributed by atoms with Crippen LogP contribution in [0.5, 0.6) is 0 Å². The molecule has 1 N–H and O–H groups in total. The summed E-state index contributed by atoms with van der Waals surface area (Å²) in [5.41, 5.74) is 2.44. The minimum atomic E-state index is -3.94. The van der Waals surface area contributed by atoms with E-state index in [1.54, 1.807) is 36.4 Å². The average Bonchev–Trinajstić information content (AvgIpc) is 2.80. The van der Waals surface area contributed by atoms with Gasteiger partial charge in [-0.15, -0.1) is 0 Å². The molecule has 0 saturated carbocycles. The van der Waals surface area contributed by atoms with Crippen molar-refractivity contribution in [1.29, 1.82) is 0 Å². The highest BCUT2D eigenvalue weighted by atomic mass is 79.9. The fraction of sp³-hybridized carbons (Fsp3) is 0.240. The molecule has 3 aromatic rings. The first-order valence-corrected chi connectivity index (χ1v) is 13.3. The van der Waals surface area contributed by atoms with Crippen LogP contribution in [0.3, 0.4) is 0 Å². The van der Waals surface area contributed by atoms with Crippen molar-refractivity contribution in [3.8, 4) is 0 Å². The highest BCUT2D eigenvalue weighted by molar-refractivity contribution is 9.10. The molecule has 174 valence electrons. The number of hydrogen-bond donors (Lipinski definition) is 1. The zero-order valence-corrected chi connectivity index (χ0v) is 21.5. The van der Waals surface area contributed by atoms with Crippen LogP contribution in [0.4, 0.5) is 5.69 Å². The summed E-state index contributed by atoms with van der Waals surface area (Å²) in [7, 11) is -3.94. The van der Waals surface area contributed by atoms with Gasteiger partial charge in [0.2, 0.25) is 15.9 Å². The van der Waals surface area contributed by atoms with Crippen LogP contribution in [0.15, 0.2) is 82.2 Å². The van der Waals surface area contributed by atoms with Gasteiger partial charge in [0.05, 0.1) is 11.4 Å². The molecule has 0 unspecified atom stereocenters. The number of hydrogen-bond acceptors (Lipinski definition) is 3. The largest absolute Gasteiger partial charge is 0.325 e. The lowest BCUT2D eigenvalue weighted by Crippen LogP contribution is -2.37. The molecular formula is C25H26BrClN2O3S. The SMILES string of the molecule is CCCCc1ccc(NC(=O)CN(Cc2ccccc2Cl)S(=O)(=O)c2ccc(Br)cc2)cc1. The number of carbonyl (C=O) groups excluding carboxylic acids is 1. The van der Waals surface area contributed by atoms with Crippen LogP contribution < -0.4 is 5.32 Å². The zero-order chi connectivity index (χ0) is 23.8. The Morgan fingerprint density at radius 1 is 1.00 bits per heavy atom. The highest BCUT2D eigenvalue weighted by Gasteiger charge is 2.27. The molecule has 0 atom stereocenters. The van der Waals surface area contributed by atoms with Gasteiger partial charge in [-0.3, -0.25) is 4.79 Å². The van der Waals surface area contributed by atoms with Crippen molar-refractivity contribution in [2.45, 2.75) is 37.6 Å². The van der Waals surface area contributed by atoms with Crippen molar-refractivity contribution in [2.24, 2.45) is 0 Å². The molecule has 0 aliphatic rings. The average molecular weight is 550 g/mol. The molecule has 1 amide bonds. The van der Waals surface area contributed by atoms with E-state index in [9.17, 15) is 13.2 Å². The van der Waals surface area contributed by atoms with Crippen molar-refractivity contribution >= 4 is 49.1 Å². The molecule has 0 aliphatic heterocycles. The molecular weight excluding hydrogens is 524 g/mol. The van der Waals surface area contributed by atoms with Crippen LogP contribution in [-0.2, 0) is 27.8 Å². The molecule has 3 rings (SSSR count). The summed E-state index contributed by atoms with van der Waals surface area (Å²) < 4.78 is 28.7. The van der Waals surface area contributed by atoms with Crippen LogP contribution in [-0.4, -0.2) is 25.2 Å². The van der Waals surface area contributed by atoms with Crippen molar-refractivity contribution in [3.63, 3.8) is 0 Å². The summed E-state index contributed by atoms with van der Waals surface area (Å²) in [6.45, 7) is 1.77. The number of rotatable bonds is 10. The number of nitrogens with zero attached hydrogens (tertiary/aromatic N) is 1. The summed E-state index contributed by atoms with van der Waals surface area (Å²) >= 11 is 9.59. The summed E-state index contributed by atoms with van der Waals surface area (Å²) in [6, 6.07) is 21.0. The van der Waals surface area contributed by atoms with Gasteiger partial charge in [0.1, 0.15) is 0 Å². The van der Waals surface area contributed by atoms with Crippen LogP contribution in [0, 0.1) is 0 Å². The van der Waals surface area contributed by atoms with Crippen molar-refractivity contribution in [2.75, 3.05) is 11.9 Å². The Labute approximate surface area is 209 Å². The van der Waals surface area contributed by atoms with Crippen LogP contribution in [0.2, 0.25) is 5.02 Å². The number of unbranched alkanes of at least 4 members (excludes halogenated alkanes) is 1. The Morgan fingerprint density at radius 3 is 2.30 bits per heavy atom. The quantitative estimate of drug-likeness (QED) is 0.324. The van der Waals surface area contributed by atoms with E-state index in [1.165, 1.54) is 17.7 Å². The minimum Gasteiger partial charge on any atom is -0.325 e. The predicted octanol–water partition coefficient (Wildman–Crippen LogP) is 6.27. The van der Waals surface area contributed by atoms with Gasteiger partial charge in [-0.25, -0.2) is 8.42 Å². The lowest BCUT2D eigenvalue weighted by atomic mass is 10.1. The number of aryl methyl sites for hydroxylation is 1. The molecule has 0 fully saturated rings. The second-order valence-electron chi connectivity index (χ2n) is 7.67. The number of nitrogens with one attached hydrogen (secondary N) is 1. The summed E-state index contributed by atoms with van der Waals surface area (Å²) in [4.78, 5) is 12.9. The van der Waals surface area contributed by atoms with Gasteiger partial charge >= 0.3 is 0 Å². The van der Waals surface area contributed by atoms with E-state index < -0.39 is 15.9 Å². The van der Waals surface area contributed by atoms with Crippen molar-refractivity contribution < 1.29 is 13.2 Å². The number of carbonyl (C=O) groups is 1. The van der Waals surface area contributed by atoms with E-state index in [1.807, 2.05) is 24.3 Å². The van der Waals surface area contributed by atoms with Crippen LogP contribution in [0.25, 0.3) is 0 Å². The number of sulfonamides is 1. The molecule has 0 aromatic heterocycles. The second-order valence-corrected chi connectivity index (χ2v) is 10.9. The van der Waals surface area contributed by atoms with Crippen LogP contribution >= 0.6 is 27.5 Å². The third-order valence-corrected chi connectivity index (χ3v) is 7.84. The first-order valence-electron chi connectivity index (χ1n) is 10.7. The Hall–Kier alpha value is -2.19. The lowest BCUT2D eigenvalue weighted by Gasteiger charge is -2.22. The zero-order valence-electron chi connectivity index (χ0n) is 18.3. The molecule has 0 heterocycles. The molecule has 0 spiro atoms. The predicted molar refractivity (Wildman–Crippen MR) is 137 cm³/mol. The molecule has 0 radical (unpaired) electrons. The highest BCUT2D eigenvalue weighted by Crippen LogP contribution is 2.24. The standard InChI is InChI=1S/C25H26BrClN2O3S/c1-2-3-6-19-9-13-22(14-10-19)28-25(30)18-29(17-20-7-4-5-8-24(20)27)33(31,32)23-15-11-21(26)12-16-23/h4-5,7-16H,2-3,6,17-18H2,1H3,(H,28,30). The third-order valence-electron chi connectivity index (χ3n) is 5.13. The van der Waals surface area contributed by atoms with Gasteiger partial charge < -0.3 is 5.32 Å². The third kappa shape index (κ3) is 7.14. The van der Waals surface area contributed by atoms with E-state index in [0.29, 0.717) is 16.3 Å². The second kappa shape index (κ2) is 11.8. The number of halogens is 2. The van der Waals surface area contributed by atoms with Crippen molar-refractivity contribution in [3.05, 3.63) is 93.4 Å². The van der Waals surface area contributed by atoms with E-state index in [0.717, 1.165) is 28.0 Å². The van der Waals surface area contributed by atoms with Gasteiger partial charge in [-0.2, -0.15) is 4.31 Å². The normalized spacial score (nSPS) is 11.5. The Bertz CT molecular complexity index is 1180. The molecule has 0 bridgehead atoms. The number of amides is 1. The molecule has 0 aliphatic carbocycles. The molecule has 8 heteroatoms. The van der Waals surface area contributed by atoms with Crippen LogP contribution in [0.1, 0.15) is 30.9 Å². The van der Waals surface area contributed by atoms with E-state index in [2.05, 4.69) is 28.2 Å². The van der Waals surface area contributed by atoms with Gasteiger partial charge in [0.15, 0.2) is 0 Å². The maximum atomic E-state index is 13.4. The monoisotopic (exact) mass is 548 g/mol. The van der Waals surface area contributed by atoms with Gasteiger partial charge in [-0.1, -0.05) is 71.2 Å². The number of anilines is 1. The molecule has 3 aromatic carbocycles. The molecule has 0 saturated heterocycles. The van der Waals surface area contributed by atoms with E-state index >= 15 is 0 Å². The smallest absolute Gasteiger partial charge is 0.243 e. The Kier molecular flexibility index (Phi) is 9.09. The van der Waals surface area contributed by atoms with Crippen molar-refractivity contribution in [1.82, 2.24) is 4.31 Å². The maximum Gasteiger partial charge on any atom is 0.243 e. The fourth-order valence-corrected chi connectivity index (χ4v) is 5.13. The Morgan fingerprint density at radius 2 is 1.67 bits per heavy atom. The van der Waals surface area contributed by atoms with E-state index in [-0.39, 0.29) is 18.0 Å². The summed E-state index contributed by atoms with van der Waals surface area (Å²) in [5, 5.41) is 3.24. The maximum absolute atomic E-state index is 13.4. The number of benzene rings is 3. The Balaban J connectivity index is 1.80. The van der Waals surface area contributed by atoms with Gasteiger partial charge in [0.25, 0.3) is 0 Å². The van der Waals surface area contributed by atoms with Gasteiger partial charge in [-0.05, 0) is 66.4 Å². The molecule has 33 heavy (non-hydrogen) atoms. The first kappa shape index (κ1) is 25.4. The van der Waals surface area contributed by atoms with Gasteiger partial charge in [0, 0.05) is 21.7 Å². The first-order chi connectivity index (χ1) is 15.8. The lowest BCUT2D eigenvalue weighted by molar-refractivity contribution is -0.116. The summed E-state index contributed by atoms with van der Waals surface area (Å²) in [6.07, 6.45) is 3.21. The molecule has 5 nitrogen and oxygen atoms in total. The summed E-state index contributed by atoms with van der Waals surface area (Å²) in [5.74, 6) is -0.427. The minimum absolute atomic E-state index is 0.0263. The topological polar surface area (TPSA) is 66.5 Å². The van der Waals surface area contributed by atoms with E-state index in [4.69, 9.17) is 11.6 Å².